The minimum Gasteiger partial charge on any atom is -0.328 e. The number of nitrogens with two attached hydrogens (primary N) is 1. The zero-order valence-corrected chi connectivity index (χ0v) is 7.81. The molecule has 0 heterocycles. The van der Waals surface area contributed by atoms with Gasteiger partial charge in [0, 0.05) is 18.9 Å². The second kappa shape index (κ2) is 3.19. The molecule has 76 valence electrons. The van der Waals surface area contributed by atoms with Crippen LogP contribution in [0.2, 0.25) is 0 Å². The van der Waals surface area contributed by atoms with Gasteiger partial charge in [-0.05, 0) is 37.5 Å². The van der Waals surface area contributed by atoms with Crippen LogP contribution in [0.1, 0.15) is 38.5 Å². The third-order valence-corrected chi connectivity index (χ3v) is 3.62. The lowest BCUT2D eigenvalue weighted by Gasteiger charge is -2.41. The van der Waals surface area contributed by atoms with Gasteiger partial charge in [-0.2, -0.15) is 0 Å². The molecule has 2 saturated carbocycles. The highest BCUT2D eigenvalue weighted by Gasteiger charge is 2.42. The molecule has 0 amide bonds. The van der Waals surface area contributed by atoms with E-state index in [4.69, 9.17) is 5.73 Å². The molecule has 0 bridgehead atoms. The van der Waals surface area contributed by atoms with Crippen molar-refractivity contribution in [2.24, 2.45) is 17.6 Å². The summed E-state index contributed by atoms with van der Waals surface area (Å²) in [4.78, 5) is 0. The Hall–Kier alpha value is -0.180. The summed E-state index contributed by atoms with van der Waals surface area (Å²) in [5, 5.41) is 0. The van der Waals surface area contributed by atoms with Crippen LogP contribution in [-0.4, -0.2) is 12.0 Å². The lowest BCUT2D eigenvalue weighted by atomic mass is 9.68. The predicted molar refractivity (Wildman–Crippen MR) is 47.6 cm³/mol. The topological polar surface area (TPSA) is 26.0 Å². The average Bonchev–Trinajstić information content (AvgIpc) is 2.05. The van der Waals surface area contributed by atoms with Crippen molar-refractivity contribution < 1.29 is 8.78 Å². The largest absolute Gasteiger partial charge is 0.328 e. The fourth-order valence-corrected chi connectivity index (χ4v) is 2.87. The molecule has 0 unspecified atom stereocenters. The second-order valence-electron chi connectivity index (χ2n) is 4.69. The maximum atomic E-state index is 13.0. The summed E-state index contributed by atoms with van der Waals surface area (Å²) in [6.45, 7) is 0. The third-order valence-electron chi connectivity index (χ3n) is 3.62. The van der Waals surface area contributed by atoms with Crippen LogP contribution >= 0.6 is 0 Å². The number of rotatable bonds is 0. The molecule has 0 aromatic heterocycles. The molecule has 0 saturated heterocycles. The minimum atomic E-state index is -2.39. The number of fused-ring (bicyclic) bond motifs is 1. The van der Waals surface area contributed by atoms with Gasteiger partial charge in [-0.15, -0.1) is 0 Å². The Balaban J connectivity index is 1.98. The fraction of sp³-hybridized carbons (Fsp3) is 1.00. The molecule has 0 aliphatic heterocycles. The second-order valence-corrected chi connectivity index (χ2v) is 4.69. The number of halogens is 2. The quantitative estimate of drug-likeness (QED) is 0.622. The van der Waals surface area contributed by atoms with E-state index in [9.17, 15) is 8.78 Å². The molecular formula is C10H17F2N. The van der Waals surface area contributed by atoms with Gasteiger partial charge < -0.3 is 5.73 Å². The standard InChI is InChI=1S/C10H17F2N/c11-10(12)4-3-7-5-9(13)2-1-8(7)6-10/h7-9H,1-6,13H2/t7-,8+,9-/m0/s1. The minimum absolute atomic E-state index is 0.0842. The highest BCUT2D eigenvalue weighted by atomic mass is 19.3. The van der Waals surface area contributed by atoms with Gasteiger partial charge in [-0.1, -0.05) is 0 Å². The molecular weight excluding hydrogens is 172 g/mol. The maximum absolute atomic E-state index is 13.0. The summed E-state index contributed by atoms with van der Waals surface area (Å²) < 4.78 is 26.1. The predicted octanol–water partition coefficient (Wildman–Crippen LogP) is 2.55. The van der Waals surface area contributed by atoms with Crippen molar-refractivity contribution in [3.05, 3.63) is 0 Å². The van der Waals surface area contributed by atoms with E-state index in [2.05, 4.69) is 0 Å². The summed E-state index contributed by atoms with van der Waals surface area (Å²) in [6, 6.07) is 0.271. The molecule has 2 fully saturated rings. The first kappa shape index (κ1) is 9.38. The van der Waals surface area contributed by atoms with Gasteiger partial charge in [-0.25, -0.2) is 8.78 Å². The number of alkyl halides is 2. The fourth-order valence-electron chi connectivity index (χ4n) is 2.87. The molecule has 0 spiro atoms. The summed E-state index contributed by atoms with van der Waals surface area (Å²) in [6.07, 6.45) is 3.72. The van der Waals surface area contributed by atoms with Gasteiger partial charge in [0.15, 0.2) is 0 Å². The highest BCUT2D eigenvalue weighted by Crippen LogP contribution is 2.46. The molecule has 2 aliphatic carbocycles. The molecule has 3 heteroatoms. The van der Waals surface area contributed by atoms with Gasteiger partial charge in [0.05, 0.1) is 0 Å². The van der Waals surface area contributed by atoms with Crippen LogP contribution in [0.15, 0.2) is 0 Å². The Bertz CT molecular complexity index is 193. The Kier molecular flexibility index (Phi) is 2.30. The van der Waals surface area contributed by atoms with Crippen molar-refractivity contribution in [3.8, 4) is 0 Å². The van der Waals surface area contributed by atoms with E-state index in [0.717, 1.165) is 19.3 Å². The monoisotopic (exact) mass is 189 g/mol. The van der Waals surface area contributed by atoms with Crippen molar-refractivity contribution in [2.75, 3.05) is 0 Å². The van der Waals surface area contributed by atoms with Crippen LogP contribution in [0.4, 0.5) is 8.78 Å². The van der Waals surface area contributed by atoms with E-state index in [-0.39, 0.29) is 24.8 Å². The molecule has 3 atom stereocenters. The highest BCUT2D eigenvalue weighted by molar-refractivity contribution is 4.89. The van der Waals surface area contributed by atoms with E-state index in [1.165, 1.54) is 0 Å². The van der Waals surface area contributed by atoms with E-state index >= 15 is 0 Å². The molecule has 1 nitrogen and oxygen atoms in total. The van der Waals surface area contributed by atoms with E-state index in [1.807, 2.05) is 0 Å². The van der Waals surface area contributed by atoms with Gasteiger partial charge in [-0.3, -0.25) is 0 Å². The van der Waals surface area contributed by atoms with Crippen LogP contribution in [-0.2, 0) is 0 Å². The molecule has 13 heavy (non-hydrogen) atoms. The molecule has 0 aromatic carbocycles. The van der Waals surface area contributed by atoms with Crippen LogP contribution in [0.5, 0.6) is 0 Å². The molecule has 2 rings (SSSR count). The summed E-state index contributed by atoms with van der Waals surface area (Å²) >= 11 is 0. The number of hydrogen-bond donors (Lipinski definition) is 1. The Morgan fingerprint density at radius 1 is 1.08 bits per heavy atom. The van der Waals surface area contributed by atoms with E-state index in [1.54, 1.807) is 0 Å². The SMILES string of the molecule is N[C@H]1CC[C@@H]2CC(F)(F)CC[C@H]2C1. The first-order valence-electron chi connectivity index (χ1n) is 5.20. The average molecular weight is 189 g/mol. The van der Waals surface area contributed by atoms with Crippen LogP contribution in [0.3, 0.4) is 0 Å². The van der Waals surface area contributed by atoms with Gasteiger partial charge in [0.25, 0.3) is 0 Å². The summed E-state index contributed by atoms with van der Waals surface area (Å²) in [5.41, 5.74) is 5.82. The number of hydrogen-bond acceptors (Lipinski definition) is 1. The lowest BCUT2D eigenvalue weighted by molar-refractivity contribution is -0.0785. The third kappa shape index (κ3) is 2.01. The van der Waals surface area contributed by atoms with E-state index in [0.29, 0.717) is 12.3 Å². The normalized spacial score (nSPS) is 44.1. The summed E-state index contributed by atoms with van der Waals surface area (Å²) in [7, 11) is 0. The van der Waals surface area contributed by atoms with Gasteiger partial charge >= 0.3 is 0 Å². The molecule has 2 N–H and O–H groups in total. The van der Waals surface area contributed by atoms with Gasteiger partial charge in [0.2, 0.25) is 5.92 Å². The van der Waals surface area contributed by atoms with Gasteiger partial charge in [0.1, 0.15) is 0 Å². The van der Waals surface area contributed by atoms with Crippen LogP contribution in [0, 0.1) is 11.8 Å². The van der Waals surface area contributed by atoms with Crippen molar-refractivity contribution in [1.82, 2.24) is 0 Å². The summed E-state index contributed by atoms with van der Waals surface area (Å²) in [5.74, 6) is -1.64. The zero-order valence-electron chi connectivity index (χ0n) is 7.81. The van der Waals surface area contributed by atoms with Crippen molar-refractivity contribution in [1.29, 1.82) is 0 Å². The Morgan fingerprint density at radius 2 is 1.85 bits per heavy atom. The smallest absolute Gasteiger partial charge is 0.248 e. The molecule has 0 aromatic rings. The molecule has 2 aliphatic rings. The Morgan fingerprint density at radius 3 is 2.62 bits per heavy atom. The van der Waals surface area contributed by atoms with Crippen molar-refractivity contribution >= 4 is 0 Å². The first-order valence-corrected chi connectivity index (χ1v) is 5.20. The van der Waals surface area contributed by atoms with Crippen molar-refractivity contribution in [3.63, 3.8) is 0 Å². The first-order chi connectivity index (χ1) is 6.07. The maximum Gasteiger partial charge on any atom is 0.248 e. The Labute approximate surface area is 77.7 Å². The zero-order chi connectivity index (χ0) is 9.47. The van der Waals surface area contributed by atoms with Crippen molar-refractivity contribution in [2.45, 2.75) is 50.5 Å². The van der Waals surface area contributed by atoms with Crippen LogP contribution < -0.4 is 5.73 Å². The lowest BCUT2D eigenvalue weighted by Crippen LogP contribution is -2.40. The van der Waals surface area contributed by atoms with Crippen LogP contribution in [0.25, 0.3) is 0 Å². The molecule has 0 radical (unpaired) electrons. The van der Waals surface area contributed by atoms with E-state index < -0.39 is 5.92 Å².